The summed E-state index contributed by atoms with van der Waals surface area (Å²) in [5, 5.41) is 0. The molecule has 8 atom stereocenters. The molecule has 0 aromatic carbocycles. The first kappa shape index (κ1) is 25.1. The average molecular weight is 479 g/mol. The molecule has 4 fully saturated rings. The Balaban J connectivity index is 1.57. The summed E-state index contributed by atoms with van der Waals surface area (Å²) in [6, 6.07) is 0. The van der Waals surface area contributed by atoms with Gasteiger partial charge in [-0.3, -0.25) is 4.79 Å². The standard InChI is InChI=1S/C27H50O3Si2/c1-19(28)27(30-32(7,8)9)17-14-24-22-11-10-20-18-21(29-31(4,5)6)12-15-25(20,2)23(22)13-16-26(24,27)3/h20-24H,10-18H2,1-9H3. The van der Waals surface area contributed by atoms with E-state index in [-0.39, 0.29) is 5.41 Å². The zero-order chi connectivity index (χ0) is 23.7. The summed E-state index contributed by atoms with van der Waals surface area (Å²) in [5.74, 6) is 3.36. The largest absolute Gasteiger partial charge is 0.415 e. The third-order valence-electron chi connectivity index (χ3n) is 10.3. The van der Waals surface area contributed by atoms with Gasteiger partial charge in [0.25, 0.3) is 0 Å². The van der Waals surface area contributed by atoms with E-state index in [9.17, 15) is 4.79 Å². The van der Waals surface area contributed by atoms with Crippen molar-refractivity contribution in [1.82, 2.24) is 0 Å². The van der Waals surface area contributed by atoms with Crippen molar-refractivity contribution in [2.75, 3.05) is 0 Å². The van der Waals surface area contributed by atoms with Crippen LogP contribution in [0.2, 0.25) is 39.3 Å². The van der Waals surface area contributed by atoms with Crippen LogP contribution in [0.15, 0.2) is 0 Å². The minimum absolute atomic E-state index is 0.0155. The highest BCUT2D eigenvalue weighted by Gasteiger charge is 2.67. The van der Waals surface area contributed by atoms with Crippen LogP contribution in [-0.2, 0) is 13.6 Å². The van der Waals surface area contributed by atoms with Crippen molar-refractivity contribution < 1.29 is 13.6 Å². The number of carbonyl (C=O) groups is 1. The Bertz CT molecular complexity index is 740. The molecule has 0 bridgehead atoms. The maximum Gasteiger partial charge on any atom is 0.185 e. The van der Waals surface area contributed by atoms with Crippen molar-refractivity contribution in [1.29, 1.82) is 0 Å². The lowest BCUT2D eigenvalue weighted by Gasteiger charge is -2.62. The zero-order valence-corrected chi connectivity index (χ0v) is 24.5. The van der Waals surface area contributed by atoms with E-state index in [0.29, 0.717) is 23.2 Å². The van der Waals surface area contributed by atoms with E-state index < -0.39 is 22.2 Å². The molecule has 0 saturated heterocycles. The van der Waals surface area contributed by atoms with E-state index in [0.717, 1.165) is 24.2 Å². The van der Waals surface area contributed by atoms with E-state index in [1.54, 1.807) is 0 Å². The number of fused-ring (bicyclic) bond motifs is 5. The number of carbonyl (C=O) groups excluding carboxylic acids is 1. The molecule has 0 aromatic heterocycles. The van der Waals surface area contributed by atoms with Crippen LogP contribution < -0.4 is 0 Å². The minimum Gasteiger partial charge on any atom is -0.415 e. The van der Waals surface area contributed by atoms with Crippen molar-refractivity contribution in [2.45, 2.75) is 130 Å². The van der Waals surface area contributed by atoms with Gasteiger partial charge >= 0.3 is 0 Å². The maximum atomic E-state index is 13.2. The number of hydrogen-bond acceptors (Lipinski definition) is 3. The second kappa shape index (κ2) is 8.03. The smallest absolute Gasteiger partial charge is 0.185 e. The van der Waals surface area contributed by atoms with E-state index >= 15 is 0 Å². The molecule has 0 N–H and O–H groups in total. The molecule has 5 heteroatoms. The molecular weight excluding hydrogens is 428 g/mol. The highest BCUT2D eigenvalue weighted by atomic mass is 28.4. The Labute approximate surface area is 200 Å². The Hall–Kier alpha value is 0.0238. The first-order valence-corrected chi connectivity index (χ1v) is 20.3. The molecule has 184 valence electrons. The molecule has 0 heterocycles. The van der Waals surface area contributed by atoms with Crippen LogP contribution in [0.5, 0.6) is 0 Å². The highest BCUT2D eigenvalue weighted by Crippen LogP contribution is 2.69. The SMILES string of the molecule is CC(=O)C1(O[Si](C)(C)C)CCC2C3CCC4CC(O[Si](C)(C)C)CCC4(C)C3CCC21C. The average Bonchev–Trinajstić information content (AvgIpc) is 2.93. The lowest BCUT2D eigenvalue weighted by Crippen LogP contribution is -2.61. The molecule has 0 radical (unpaired) electrons. The number of Topliss-reactive ketones (excluding diaryl/α,β-unsaturated/α-hetero) is 1. The molecule has 4 aliphatic rings. The molecule has 0 spiro atoms. The summed E-state index contributed by atoms with van der Waals surface area (Å²) in [4.78, 5) is 13.2. The van der Waals surface area contributed by atoms with Crippen LogP contribution in [0, 0.1) is 34.5 Å². The Kier molecular flexibility index (Phi) is 6.30. The van der Waals surface area contributed by atoms with E-state index in [1.807, 2.05) is 6.92 Å². The molecule has 8 unspecified atom stereocenters. The van der Waals surface area contributed by atoms with Crippen molar-refractivity contribution >= 4 is 22.4 Å². The fraction of sp³-hybridized carbons (Fsp3) is 0.963. The molecule has 4 saturated carbocycles. The third-order valence-corrected chi connectivity index (χ3v) is 12.3. The second-order valence-corrected chi connectivity index (χ2v) is 23.3. The molecule has 0 amide bonds. The van der Waals surface area contributed by atoms with Crippen molar-refractivity contribution in [2.24, 2.45) is 34.5 Å². The highest BCUT2D eigenvalue weighted by molar-refractivity contribution is 6.70. The van der Waals surface area contributed by atoms with Gasteiger partial charge in [-0.05, 0) is 133 Å². The predicted molar refractivity (Wildman–Crippen MR) is 138 cm³/mol. The molecule has 32 heavy (non-hydrogen) atoms. The third kappa shape index (κ3) is 4.05. The van der Waals surface area contributed by atoms with Gasteiger partial charge in [-0.2, -0.15) is 0 Å². The van der Waals surface area contributed by atoms with Gasteiger partial charge < -0.3 is 8.85 Å². The Morgan fingerprint density at radius 3 is 2.06 bits per heavy atom. The molecule has 4 rings (SSSR count). The lowest BCUT2D eigenvalue weighted by molar-refractivity contribution is -0.166. The molecule has 4 aliphatic carbocycles. The van der Waals surface area contributed by atoms with Crippen LogP contribution in [0.1, 0.15) is 78.6 Å². The van der Waals surface area contributed by atoms with Crippen LogP contribution in [0.25, 0.3) is 0 Å². The van der Waals surface area contributed by atoms with Crippen molar-refractivity contribution in [3.63, 3.8) is 0 Å². The van der Waals surface area contributed by atoms with Gasteiger partial charge in [-0.25, -0.2) is 0 Å². The van der Waals surface area contributed by atoms with Crippen molar-refractivity contribution in [3.05, 3.63) is 0 Å². The van der Waals surface area contributed by atoms with Gasteiger partial charge in [0.05, 0.1) is 0 Å². The lowest BCUT2D eigenvalue weighted by atomic mass is 9.44. The molecule has 0 aliphatic heterocycles. The first-order valence-electron chi connectivity index (χ1n) is 13.5. The summed E-state index contributed by atoms with van der Waals surface area (Å²) in [6.45, 7) is 20.7. The van der Waals surface area contributed by atoms with Crippen LogP contribution >= 0.6 is 0 Å². The minimum atomic E-state index is -1.83. The summed E-state index contributed by atoms with van der Waals surface area (Å²) >= 11 is 0. The van der Waals surface area contributed by atoms with Gasteiger partial charge in [0.1, 0.15) is 5.60 Å². The second-order valence-electron chi connectivity index (χ2n) is 14.4. The summed E-state index contributed by atoms with van der Waals surface area (Å²) in [6.07, 6.45) is 11.7. The van der Waals surface area contributed by atoms with Gasteiger partial charge in [-0.15, -0.1) is 0 Å². The summed E-state index contributed by atoms with van der Waals surface area (Å²) in [5.41, 5.74) is -0.0556. The van der Waals surface area contributed by atoms with Crippen molar-refractivity contribution in [3.8, 4) is 0 Å². The zero-order valence-electron chi connectivity index (χ0n) is 22.5. The van der Waals surface area contributed by atoms with E-state index in [2.05, 4.69) is 53.1 Å². The summed E-state index contributed by atoms with van der Waals surface area (Å²) in [7, 11) is -3.30. The fourth-order valence-electron chi connectivity index (χ4n) is 9.16. The maximum absolute atomic E-state index is 13.2. The van der Waals surface area contributed by atoms with Crippen LogP contribution in [0.3, 0.4) is 0 Å². The number of hydrogen-bond donors (Lipinski definition) is 0. The summed E-state index contributed by atoms with van der Waals surface area (Å²) < 4.78 is 13.5. The van der Waals surface area contributed by atoms with Crippen LogP contribution in [-0.4, -0.2) is 34.1 Å². The Morgan fingerprint density at radius 2 is 1.47 bits per heavy atom. The topological polar surface area (TPSA) is 35.5 Å². The van der Waals surface area contributed by atoms with Crippen LogP contribution in [0.4, 0.5) is 0 Å². The molecule has 3 nitrogen and oxygen atoms in total. The fourth-order valence-corrected chi connectivity index (χ4v) is 11.9. The Morgan fingerprint density at radius 1 is 0.812 bits per heavy atom. The number of ketones is 1. The normalized spacial score (nSPS) is 46.8. The molecular formula is C27H50O3Si2. The van der Waals surface area contributed by atoms with Gasteiger partial charge in [-0.1, -0.05) is 13.8 Å². The van der Waals surface area contributed by atoms with Gasteiger partial charge in [0.15, 0.2) is 22.4 Å². The number of rotatable bonds is 5. The van der Waals surface area contributed by atoms with Gasteiger partial charge in [0, 0.05) is 11.5 Å². The predicted octanol–water partition coefficient (Wildman–Crippen LogP) is 7.43. The first-order chi connectivity index (χ1) is 14.6. The monoisotopic (exact) mass is 478 g/mol. The molecule has 0 aromatic rings. The van der Waals surface area contributed by atoms with Gasteiger partial charge in [0.2, 0.25) is 0 Å². The van der Waals surface area contributed by atoms with E-state index in [1.165, 1.54) is 51.4 Å². The van der Waals surface area contributed by atoms with E-state index in [4.69, 9.17) is 8.85 Å². The quantitative estimate of drug-likeness (QED) is 0.385.